The topological polar surface area (TPSA) is 86.9 Å². The van der Waals surface area contributed by atoms with Gasteiger partial charge in [0.05, 0.1) is 41.7 Å². The highest BCUT2D eigenvalue weighted by atomic mass is 16.5. The first-order valence-corrected chi connectivity index (χ1v) is 10.1. The Kier molecular flexibility index (Phi) is 5.22. The van der Waals surface area contributed by atoms with Crippen LogP contribution in [0.4, 0.5) is 0 Å². The van der Waals surface area contributed by atoms with E-state index in [1.165, 1.54) is 0 Å². The first kappa shape index (κ1) is 20.6. The number of nitrogens with one attached hydrogen (secondary N) is 1. The Morgan fingerprint density at radius 3 is 2.45 bits per heavy atom. The number of carbonyl (C=O) groups excluding carboxylic acids is 1. The van der Waals surface area contributed by atoms with Crippen LogP contribution < -0.4 is 10.1 Å². The standard InChI is InChI=1S/C23H26N6O2/c1-13(19-12-24-28(4)15(19)3)25-23(30)18-11-20(16-7-9-17(31-6)10-8-16)26-22-21(18)14(2)27-29(22)5/h7-13H,1-6H3,(H,25,30)/t13-/m1/s1. The van der Waals surface area contributed by atoms with Gasteiger partial charge >= 0.3 is 0 Å². The average Bonchev–Trinajstić information content (AvgIpc) is 3.25. The van der Waals surface area contributed by atoms with Gasteiger partial charge in [-0.1, -0.05) is 0 Å². The van der Waals surface area contributed by atoms with Crippen molar-refractivity contribution in [3.05, 3.63) is 59.0 Å². The molecule has 4 rings (SSSR count). The number of fused-ring (bicyclic) bond motifs is 1. The largest absolute Gasteiger partial charge is 0.497 e. The maximum absolute atomic E-state index is 13.4. The van der Waals surface area contributed by atoms with Crippen LogP contribution in [0.1, 0.15) is 40.3 Å². The van der Waals surface area contributed by atoms with Crippen molar-refractivity contribution in [2.75, 3.05) is 7.11 Å². The number of carbonyl (C=O) groups is 1. The van der Waals surface area contributed by atoms with E-state index in [2.05, 4.69) is 15.5 Å². The molecule has 0 unspecified atom stereocenters. The minimum atomic E-state index is -0.189. The summed E-state index contributed by atoms with van der Waals surface area (Å²) in [6, 6.07) is 9.26. The van der Waals surface area contributed by atoms with Crippen molar-refractivity contribution in [1.29, 1.82) is 0 Å². The van der Waals surface area contributed by atoms with Crippen LogP contribution in [0.3, 0.4) is 0 Å². The summed E-state index contributed by atoms with van der Waals surface area (Å²) in [6.07, 6.45) is 1.79. The number of aromatic nitrogens is 5. The van der Waals surface area contributed by atoms with Crippen molar-refractivity contribution in [2.24, 2.45) is 14.1 Å². The van der Waals surface area contributed by atoms with Crippen LogP contribution >= 0.6 is 0 Å². The molecule has 1 atom stereocenters. The molecule has 31 heavy (non-hydrogen) atoms. The molecule has 1 N–H and O–H groups in total. The summed E-state index contributed by atoms with van der Waals surface area (Å²) in [5, 5.41) is 12.6. The van der Waals surface area contributed by atoms with Gasteiger partial charge in [0.2, 0.25) is 0 Å². The Hall–Kier alpha value is -3.68. The molecular formula is C23H26N6O2. The summed E-state index contributed by atoms with van der Waals surface area (Å²) in [5.41, 5.74) is 5.58. The number of benzene rings is 1. The molecule has 0 spiro atoms. The Labute approximate surface area is 180 Å². The number of amides is 1. The number of hydrogen-bond donors (Lipinski definition) is 1. The van der Waals surface area contributed by atoms with Crippen molar-refractivity contribution in [3.8, 4) is 17.0 Å². The maximum Gasteiger partial charge on any atom is 0.252 e. The molecule has 1 aromatic carbocycles. The lowest BCUT2D eigenvalue weighted by molar-refractivity contribution is 0.0941. The molecule has 8 nitrogen and oxygen atoms in total. The van der Waals surface area contributed by atoms with E-state index in [0.29, 0.717) is 16.9 Å². The zero-order chi connectivity index (χ0) is 22.3. The van der Waals surface area contributed by atoms with Crippen molar-refractivity contribution in [1.82, 2.24) is 29.9 Å². The molecule has 8 heteroatoms. The normalized spacial score (nSPS) is 12.2. The summed E-state index contributed by atoms with van der Waals surface area (Å²) in [5.74, 6) is 0.592. The third kappa shape index (κ3) is 3.65. The molecule has 160 valence electrons. The fraction of sp³-hybridized carbons (Fsp3) is 0.304. The minimum Gasteiger partial charge on any atom is -0.497 e. The quantitative estimate of drug-likeness (QED) is 0.536. The molecule has 0 bridgehead atoms. The van der Waals surface area contributed by atoms with E-state index in [-0.39, 0.29) is 11.9 Å². The lowest BCUT2D eigenvalue weighted by atomic mass is 10.0. The van der Waals surface area contributed by atoms with Gasteiger partial charge in [-0.05, 0) is 51.1 Å². The van der Waals surface area contributed by atoms with Crippen molar-refractivity contribution < 1.29 is 9.53 Å². The van der Waals surface area contributed by atoms with Crippen LogP contribution in [0.5, 0.6) is 5.75 Å². The van der Waals surface area contributed by atoms with E-state index < -0.39 is 0 Å². The smallest absolute Gasteiger partial charge is 0.252 e. The zero-order valence-electron chi connectivity index (χ0n) is 18.6. The predicted molar refractivity (Wildman–Crippen MR) is 119 cm³/mol. The van der Waals surface area contributed by atoms with Gasteiger partial charge in [-0.15, -0.1) is 0 Å². The number of ether oxygens (including phenoxy) is 1. The predicted octanol–water partition coefficient (Wildman–Crippen LogP) is 3.49. The lowest BCUT2D eigenvalue weighted by Crippen LogP contribution is -2.27. The summed E-state index contributed by atoms with van der Waals surface area (Å²) >= 11 is 0. The Bertz CT molecular complexity index is 1270. The van der Waals surface area contributed by atoms with Crippen LogP contribution in [0.25, 0.3) is 22.3 Å². The second-order valence-corrected chi connectivity index (χ2v) is 7.70. The van der Waals surface area contributed by atoms with Crippen LogP contribution in [-0.4, -0.2) is 37.6 Å². The number of methoxy groups -OCH3 is 1. The first-order valence-electron chi connectivity index (χ1n) is 10.1. The molecule has 3 heterocycles. The van der Waals surface area contributed by atoms with Crippen LogP contribution in [-0.2, 0) is 14.1 Å². The van der Waals surface area contributed by atoms with E-state index in [9.17, 15) is 4.79 Å². The fourth-order valence-corrected chi connectivity index (χ4v) is 3.83. The SMILES string of the molecule is COc1ccc(-c2cc(C(=O)N[C@H](C)c3cnn(C)c3C)c3c(C)nn(C)c3n2)cc1. The molecule has 0 radical (unpaired) electrons. The molecule has 1 amide bonds. The lowest BCUT2D eigenvalue weighted by Gasteiger charge is -2.15. The van der Waals surface area contributed by atoms with E-state index in [1.54, 1.807) is 22.7 Å². The molecule has 0 fully saturated rings. The van der Waals surface area contributed by atoms with Crippen molar-refractivity contribution in [3.63, 3.8) is 0 Å². The van der Waals surface area contributed by atoms with Gasteiger partial charge in [0.25, 0.3) is 5.91 Å². The summed E-state index contributed by atoms with van der Waals surface area (Å²) in [6.45, 7) is 5.84. The highest BCUT2D eigenvalue weighted by Crippen LogP contribution is 2.28. The van der Waals surface area contributed by atoms with Gasteiger partial charge in [0.15, 0.2) is 5.65 Å². The highest BCUT2D eigenvalue weighted by molar-refractivity contribution is 6.07. The Balaban J connectivity index is 1.78. The van der Waals surface area contributed by atoms with Gasteiger partial charge < -0.3 is 10.1 Å². The second-order valence-electron chi connectivity index (χ2n) is 7.70. The second kappa shape index (κ2) is 7.86. The first-order chi connectivity index (χ1) is 14.8. The number of aryl methyl sites for hydroxylation is 3. The fourth-order valence-electron chi connectivity index (χ4n) is 3.83. The van der Waals surface area contributed by atoms with Crippen molar-refractivity contribution >= 4 is 16.9 Å². The van der Waals surface area contributed by atoms with E-state index in [1.807, 2.05) is 65.2 Å². The monoisotopic (exact) mass is 418 g/mol. The van der Waals surface area contributed by atoms with Crippen LogP contribution in [0.15, 0.2) is 36.5 Å². The summed E-state index contributed by atoms with van der Waals surface area (Å²) in [4.78, 5) is 18.2. The highest BCUT2D eigenvalue weighted by Gasteiger charge is 2.22. The van der Waals surface area contributed by atoms with Gasteiger partial charge in [-0.25, -0.2) is 4.98 Å². The maximum atomic E-state index is 13.4. The van der Waals surface area contributed by atoms with Gasteiger partial charge in [-0.3, -0.25) is 14.2 Å². The molecule has 0 saturated carbocycles. The average molecular weight is 419 g/mol. The van der Waals surface area contributed by atoms with Gasteiger partial charge in [-0.2, -0.15) is 10.2 Å². The molecule has 3 aromatic heterocycles. The minimum absolute atomic E-state index is 0.172. The number of nitrogens with zero attached hydrogens (tertiary/aromatic N) is 5. The van der Waals surface area contributed by atoms with Crippen molar-refractivity contribution in [2.45, 2.75) is 26.8 Å². The van der Waals surface area contributed by atoms with Gasteiger partial charge in [0.1, 0.15) is 5.75 Å². The molecular weight excluding hydrogens is 392 g/mol. The number of hydrogen-bond acceptors (Lipinski definition) is 5. The third-order valence-electron chi connectivity index (χ3n) is 5.69. The molecule has 0 aliphatic heterocycles. The Morgan fingerprint density at radius 2 is 1.84 bits per heavy atom. The molecule has 0 aliphatic carbocycles. The molecule has 0 saturated heterocycles. The van der Waals surface area contributed by atoms with E-state index in [4.69, 9.17) is 9.72 Å². The number of rotatable bonds is 5. The van der Waals surface area contributed by atoms with Crippen LogP contribution in [0.2, 0.25) is 0 Å². The van der Waals surface area contributed by atoms with E-state index in [0.717, 1.165) is 33.7 Å². The van der Waals surface area contributed by atoms with Crippen LogP contribution in [0, 0.1) is 13.8 Å². The molecule has 0 aliphatic rings. The number of pyridine rings is 1. The summed E-state index contributed by atoms with van der Waals surface area (Å²) < 4.78 is 8.76. The van der Waals surface area contributed by atoms with Gasteiger partial charge in [0, 0.05) is 30.9 Å². The zero-order valence-corrected chi connectivity index (χ0v) is 18.6. The molecule has 4 aromatic rings. The third-order valence-corrected chi connectivity index (χ3v) is 5.69. The van der Waals surface area contributed by atoms with E-state index >= 15 is 0 Å². The summed E-state index contributed by atoms with van der Waals surface area (Å²) in [7, 11) is 5.36. The Morgan fingerprint density at radius 1 is 1.13 bits per heavy atom.